The third-order valence-corrected chi connectivity index (χ3v) is 3.72. The van der Waals surface area contributed by atoms with Crippen molar-refractivity contribution in [3.8, 4) is 17.0 Å². The fourth-order valence-electron chi connectivity index (χ4n) is 1.97. The number of nitrogens with zero attached hydrogens (tertiary/aromatic N) is 1. The van der Waals surface area contributed by atoms with Gasteiger partial charge in [-0.25, -0.2) is 0 Å². The first kappa shape index (κ1) is 17.9. The van der Waals surface area contributed by atoms with E-state index in [-0.39, 0.29) is 38.3 Å². The Hall–Kier alpha value is -0.196. The van der Waals surface area contributed by atoms with Gasteiger partial charge in [-0.05, 0) is 22.6 Å². The van der Waals surface area contributed by atoms with Crippen LogP contribution in [-0.4, -0.2) is 11.2 Å². The van der Waals surface area contributed by atoms with E-state index >= 15 is 0 Å². The molecule has 0 fully saturated rings. The molecule has 0 aliphatic rings. The summed E-state index contributed by atoms with van der Waals surface area (Å²) in [6.45, 7) is 4.61. The Bertz CT molecular complexity index is 667. The van der Waals surface area contributed by atoms with Gasteiger partial charge in [0.25, 0.3) is 0 Å². The minimum Gasteiger partial charge on any atom is -0.494 e. The predicted molar refractivity (Wildman–Crippen MR) is 84.6 cm³/mol. The zero-order valence-corrected chi connectivity index (χ0v) is 16.7. The second kappa shape index (κ2) is 7.71. The summed E-state index contributed by atoms with van der Waals surface area (Å²) in [7, 11) is 1.77. The summed E-state index contributed by atoms with van der Waals surface area (Å²) in [4.78, 5) is 12.0. The van der Waals surface area contributed by atoms with Gasteiger partial charge in [0.05, 0.1) is 6.61 Å². The van der Waals surface area contributed by atoms with Crippen LogP contribution in [0.4, 0.5) is 0 Å². The Morgan fingerprint density at radius 1 is 1.40 bits per heavy atom. The maximum atomic E-state index is 12.0. The number of ether oxygens (including phenoxy) is 1. The van der Waals surface area contributed by atoms with Gasteiger partial charge in [-0.2, -0.15) is 12.1 Å². The van der Waals surface area contributed by atoms with Crippen LogP contribution in [0, 0.1) is 16.6 Å². The summed E-state index contributed by atoms with van der Waals surface area (Å²) in [6, 6.07) is 10.8. The largest absolute Gasteiger partial charge is 0.494 e. The van der Waals surface area contributed by atoms with Crippen LogP contribution in [0.1, 0.15) is 12.5 Å². The molecule has 20 heavy (non-hydrogen) atoms. The normalized spacial score (nSPS) is 10.0. The molecule has 1 radical (unpaired) electrons. The van der Waals surface area contributed by atoms with E-state index < -0.39 is 0 Å². The van der Waals surface area contributed by atoms with E-state index in [1.165, 1.54) is 0 Å². The third-order valence-electron chi connectivity index (χ3n) is 2.94. The van der Waals surface area contributed by atoms with E-state index in [4.69, 9.17) is 4.74 Å². The van der Waals surface area contributed by atoms with E-state index in [9.17, 15) is 4.79 Å². The Morgan fingerprint density at radius 2 is 2.10 bits per heavy atom. The minimum absolute atomic E-state index is 0. The molecule has 0 bridgehead atoms. The molecule has 1 aromatic heterocycles. The maximum absolute atomic E-state index is 12.0. The zero-order chi connectivity index (χ0) is 14.0. The molecule has 2 aromatic rings. The minimum atomic E-state index is 0. The van der Waals surface area contributed by atoms with E-state index in [0.717, 1.165) is 22.6 Å². The monoisotopic (exact) mass is 457 g/mol. The molecule has 0 saturated heterocycles. The summed E-state index contributed by atoms with van der Waals surface area (Å²) in [5.74, 6) is 0.847. The molecule has 3 nitrogen and oxygen atoms in total. The Kier molecular flexibility index (Phi) is 6.88. The van der Waals surface area contributed by atoms with Crippen molar-refractivity contribution in [2.45, 2.75) is 13.8 Å². The molecule has 0 saturated carbocycles. The molecule has 5 heteroatoms. The van der Waals surface area contributed by atoms with Crippen LogP contribution in [0.2, 0.25) is 0 Å². The number of pyridine rings is 1. The standard InChI is InChI=1S/C15H15INO2.Y/c1-4-19-11-5-6-12(10(2)9-11)14-8-7-13(16)15(18)17(14)3;/h5-7,9H,4H2,1-3H3;/q-1;. The molecule has 0 N–H and O–H groups in total. The molecule has 0 unspecified atom stereocenters. The number of aryl methyl sites for hydroxylation is 1. The molecule has 1 aromatic carbocycles. The molecular formula is C15H15INO2Y-. The molecular weight excluding hydrogens is 442 g/mol. The molecule has 0 aliphatic heterocycles. The number of aromatic nitrogens is 1. The molecule has 0 spiro atoms. The Balaban J connectivity index is 0.00000200. The average molecular weight is 457 g/mol. The van der Waals surface area contributed by atoms with Crippen LogP contribution in [-0.2, 0) is 39.8 Å². The van der Waals surface area contributed by atoms with Crippen molar-refractivity contribution in [1.29, 1.82) is 0 Å². The van der Waals surface area contributed by atoms with Gasteiger partial charge in [-0.15, -0.1) is 28.7 Å². The summed E-state index contributed by atoms with van der Waals surface area (Å²) in [5, 5.41) is 0. The van der Waals surface area contributed by atoms with Crippen LogP contribution in [0.5, 0.6) is 5.75 Å². The molecule has 103 valence electrons. The fraction of sp³-hybridized carbons (Fsp3) is 0.267. The average Bonchev–Trinajstić information content (AvgIpc) is 2.38. The molecule has 1 heterocycles. The van der Waals surface area contributed by atoms with Gasteiger partial charge >= 0.3 is 0 Å². The van der Waals surface area contributed by atoms with E-state index in [2.05, 4.69) is 6.07 Å². The van der Waals surface area contributed by atoms with E-state index in [1.54, 1.807) is 17.7 Å². The van der Waals surface area contributed by atoms with Crippen molar-refractivity contribution in [3.63, 3.8) is 0 Å². The second-order valence-corrected chi connectivity index (χ2v) is 5.42. The Labute approximate surface area is 157 Å². The van der Waals surface area contributed by atoms with Gasteiger partial charge in [0.2, 0.25) is 5.56 Å². The SMILES string of the molecule is CCOc1ccc(-c2[c-]cc(I)c(=O)n2C)c(C)c1.[Y]. The van der Waals surface area contributed by atoms with Crippen molar-refractivity contribution in [2.24, 2.45) is 7.05 Å². The van der Waals surface area contributed by atoms with Gasteiger partial charge in [0, 0.05) is 39.8 Å². The van der Waals surface area contributed by atoms with E-state index in [0.29, 0.717) is 10.2 Å². The molecule has 0 amide bonds. The van der Waals surface area contributed by atoms with Crippen molar-refractivity contribution < 1.29 is 37.4 Å². The van der Waals surface area contributed by atoms with Gasteiger partial charge < -0.3 is 9.30 Å². The van der Waals surface area contributed by atoms with Gasteiger partial charge in [0.1, 0.15) is 5.75 Å². The number of hydrogen-bond acceptors (Lipinski definition) is 2. The quantitative estimate of drug-likeness (QED) is 0.524. The van der Waals surface area contributed by atoms with Crippen LogP contribution < -0.4 is 10.3 Å². The molecule has 0 atom stereocenters. The Morgan fingerprint density at radius 3 is 2.70 bits per heavy atom. The molecule has 2 rings (SSSR count). The van der Waals surface area contributed by atoms with Crippen molar-refractivity contribution >= 4 is 22.6 Å². The first-order valence-electron chi connectivity index (χ1n) is 6.05. The van der Waals surface area contributed by atoms with Crippen molar-refractivity contribution in [1.82, 2.24) is 4.57 Å². The zero-order valence-electron chi connectivity index (χ0n) is 11.7. The van der Waals surface area contributed by atoms with Crippen LogP contribution >= 0.6 is 22.6 Å². The predicted octanol–water partition coefficient (Wildman–Crippen LogP) is 3.16. The van der Waals surface area contributed by atoms with Crippen molar-refractivity contribution in [3.05, 3.63) is 49.8 Å². The number of halogens is 1. The number of rotatable bonds is 3. The summed E-state index contributed by atoms with van der Waals surface area (Å²) in [5.41, 5.74) is 2.87. The van der Waals surface area contributed by atoms with Gasteiger partial charge in [-0.1, -0.05) is 23.7 Å². The van der Waals surface area contributed by atoms with E-state index in [1.807, 2.05) is 54.6 Å². The summed E-state index contributed by atoms with van der Waals surface area (Å²) >= 11 is 2.03. The summed E-state index contributed by atoms with van der Waals surface area (Å²) < 4.78 is 7.77. The number of benzene rings is 1. The van der Waals surface area contributed by atoms with Crippen LogP contribution in [0.3, 0.4) is 0 Å². The third kappa shape index (κ3) is 3.71. The number of hydrogen-bond donors (Lipinski definition) is 0. The molecule has 0 aliphatic carbocycles. The fourth-order valence-corrected chi connectivity index (χ4v) is 2.49. The first-order chi connectivity index (χ1) is 9.04. The second-order valence-electron chi connectivity index (χ2n) is 4.26. The van der Waals surface area contributed by atoms with Gasteiger partial charge in [0.15, 0.2) is 0 Å². The van der Waals surface area contributed by atoms with Crippen molar-refractivity contribution in [2.75, 3.05) is 6.61 Å². The first-order valence-corrected chi connectivity index (χ1v) is 7.13. The van der Waals surface area contributed by atoms with Crippen LogP contribution in [0.25, 0.3) is 11.3 Å². The van der Waals surface area contributed by atoms with Gasteiger partial charge in [-0.3, -0.25) is 4.79 Å². The summed E-state index contributed by atoms with van der Waals surface area (Å²) in [6.07, 6.45) is 0. The maximum Gasteiger partial charge on any atom is 0.207 e. The topological polar surface area (TPSA) is 31.2 Å². The van der Waals surface area contributed by atoms with Crippen LogP contribution in [0.15, 0.2) is 29.1 Å². The smallest absolute Gasteiger partial charge is 0.207 e.